The highest BCUT2D eigenvalue weighted by Crippen LogP contribution is 2.38. The monoisotopic (exact) mass is 400 g/mol. The van der Waals surface area contributed by atoms with Gasteiger partial charge in [-0.05, 0) is 43.5 Å². The molecule has 2 aromatic rings. The maximum absolute atomic E-state index is 12.8. The Morgan fingerprint density at radius 2 is 1.93 bits per heavy atom. The lowest BCUT2D eigenvalue weighted by molar-refractivity contribution is -0.125. The van der Waals surface area contributed by atoms with Gasteiger partial charge in [0.25, 0.3) is 0 Å². The second-order valence-electron chi connectivity index (χ2n) is 7.03. The minimum Gasteiger partial charge on any atom is -0.493 e. The molecule has 1 N–H and O–H groups in total. The van der Waals surface area contributed by atoms with Gasteiger partial charge >= 0.3 is 0 Å². The number of piperidine rings is 1. The summed E-state index contributed by atoms with van der Waals surface area (Å²) in [6, 6.07) is 5.56. The summed E-state index contributed by atoms with van der Waals surface area (Å²) in [5.74, 6) is 2.28. The van der Waals surface area contributed by atoms with E-state index in [0.29, 0.717) is 36.3 Å². The van der Waals surface area contributed by atoms with E-state index in [-0.39, 0.29) is 11.8 Å². The Kier molecular flexibility index (Phi) is 6.74. The van der Waals surface area contributed by atoms with E-state index in [9.17, 15) is 4.79 Å². The molecule has 0 saturated carbocycles. The van der Waals surface area contributed by atoms with Crippen LogP contribution < -0.4 is 24.4 Å². The van der Waals surface area contributed by atoms with Crippen LogP contribution in [0.5, 0.6) is 17.2 Å². The number of hydrogen-bond donors (Lipinski definition) is 1. The van der Waals surface area contributed by atoms with Gasteiger partial charge < -0.3 is 24.4 Å². The molecule has 1 aliphatic rings. The van der Waals surface area contributed by atoms with E-state index in [2.05, 4.69) is 20.2 Å². The standard InChI is InChI=1S/C21H28N4O4/c1-14-7-8-22-21(24-14)25-9-5-6-16(13-25)20(26)23-12-15-10-17(27-2)19(29-4)18(11-15)28-3/h7-8,10-11,16H,5-6,9,12-13H2,1-4H3,(H,23,26)/t16-/m0/s1. The van der Waals surface area contributed by atoms with Crippen LogP contribution in [0.4, 0.5) is 5.95 Å². The average molecular weight is 400 g/mol. The topological polar surface area (TPSA) is 85.8 Å². The van der Waals surface area contributed by atoms with Gasteiger partial charge in [0, 0.05) is 31.5 Å². The lowest BCUT2D eigenvalue weighted by Crippen LogP contribution is -2.43. The maximum Gasteiger partial charge on any atom is 0.225 e. The van der Waals surface area contributed by atoms with Crippen LogP contribution in [-0.4, -0.2) is 50.3 Å². The van der Waals surface area contributed by atoms with Crippen LogP contribution in [0.25, 0.3) is 0 Å². The number of methoxy groups -OCH3 is 3. The highest BCUT2D eigenvalue weighted by Gasteiger charge is 2.27. The minimum atomic E-state index is -0.102. The molecule has 29 heavy (non-hydrogen) atoms. The first-order chi connectivity index (χ1) is 14.0. The van der Waals surface area contributed by atoms with Gasteiger partial charge in [-0.1, -0.05) is 0 Å². The van der Waals surface area contributed by atoms with Crippen LogP contribution >= 0.6 is 0 Å². The summed E-state index contributed by atoms with van der Waals surface area (Å²) in [5.41, 5.74) is 1.80. The molecule has 1 fully saturated rings. The molecule has 1 atom stereocenters. The summed E-state index contributed by atoms with van der Waals surface area (Å²) in [7, 11) is 4.71. The molecule has 0 bridgehead atoms. The van der Waals surface area contributed by atoms with Crippen LogP contribution in [0.1, 0.15) is 24.1 Å². The third kappa shape index (κ3) is 4.88. The number of carbonyl (C=O) groups is 1. The fourth-order valence-corrected chi connectivity index (χ4v) is 3.53. The summed E-state index contributed by atoms with van der Waals surface area (Å²) in [6.45, 7) is 3.80. The predicted molar refractivity (Wildman–Crippen MR) is 110 cm³/mol. The third-order valence-corrected chi connectivity index (χ3v) is 5.05. The lowest BCUT2D eigenvalue weighted by Gasteiger charge is -2.32. The first kappa shape index (κ1) is 20.7. The summed E-state index contributed by atoms with van der Waals surface area (Å²) in [5, 5.41) is 3.03. The first-order valence-electron chi connectivity index (χ1n) is 9.67. The number of carbonyl (C=O) groups excluding carboxylic acids is 1. The summed E-state index contributed by atoms with van der Waals surface area (Å²) < 4.78 is 16.1. The zero-order valence-corrected chi connectivity index (χ0v) is 17.4. The number of ether oxygens (including phenoxy) is 3. The number of rotatable bonds is 7. The molecule has 1 aromatic heterocycles. The van der Waals surface area contributed by atoms with Crippen LogP contribution in [-0.2, 0) is 11.3 Å². The van der Waals surface area contributed by atoms with Crippen molar-refractivity contribution in [3.05, 3.63) is 35.7 Å². The van der Waals surface area contributed by atoms with Crippen molar-refractivity contribution in [3.63, 3.8) is 0 Å². The van der Waals surface area contributed by atoms with E-state index in [1.807, 2.05) is 25.1 Å². The number of aromatic nitrogens is 2. The van der Waals surface area contributed by atoms with Gasteiger partial charge in [0.1, 0.15) is 0 Å². The van der Waals surface area contributed by atoms with Gasteiger partial charge in [-0.2, -0.15) is 0 Å². The van der Waals surface area contributed by atoms with Crippen molar-refractivity contribution in [3.8, 4) is 17.2 Å². The van der Waals surface area contributed by atoms with Crippen molar-refractivity contribution in [1.82, 2.24) is 15.3 Å². The molecule has 1 amide bonds. The quantitative estimate of drug-likeness (QED) is 0.763. The van der Waals surface area contributed by atoms with Gasteiger partial charge in [0.05, 0.1) is 27.2 Å². The number of hydrogen-bond acceptors (Lipinski definition) is 7. The second-order valence-corrected chi connectivity index (χ2v) is 7.03. The van der Waals surface area contributed by atoms with Crippen LogP contribution in [0.3, 0.4) is 0 Å². The van der Waals surface area contributed by atoms with E-state index < -0.39 is 0 Å². The van der Waals surface area contributed by atoms with Crippen molar-refractivity contribution < 1.29 is 19.0 Å². The third-order valence-electron chi connectivity index (χ3n) is 5.05. The molecule has 1 aliphatic heterocycles. The van der Waals surface area contributed by atoms with E-state index in [0.717, 1.165) is 30.6 Å². The van der Waals surface area contributed by atoms with Crippen molar-refractivity contribution in [2.75, 3.05) is 39.3 Å². The van der Waals surface area contributed by atoms with E-state index >= 15 is 0 Å². The molecule has 0 aliphatic carbocycles. The zero-order chi connectivity index (χ0) is 20.8. The molecular formula is C21H28N4O4. The number of nitrogens with zero attached hydrogens (tertiary/aromatic N) is 3. The largest absolute Gasteiger partial charge is 0.493 e. The number of nitrogens with one attached hydrogen (secondary N) is 1. The molecular weight excluding hydrogens is 372 g/mol. The van der Waals surface area contributed by atoms with Crippen molar-refractivity contribution in [2.24, 2.45) is 5.92 Å². The summed E-state index contributed by atoms with van der Waals surface area (Å²) in [4.78, 5) is 23.7. The Hall–Kier alpha value is -3.03. The molecule has 1 saturated heterocycles. The predicted octanol–water partition coefficient (Wildman–Crippen LogP) is 2.34. The maximum atomic E-state index is 12.8. The van der Waals surface area contributed by atoms with Crippen LogP contribution in [0.2, 0.25) is 0 Å². The highest BCUT2D eigenvalue weighted by atomic mass is 16.5. The van der Waals surface area contributed by atoms with Gasteiger partial charge in [0.2, 0.25) is 17.6 Å². The molecule has 1 aromatic carbocycles. The van der Waals surface area contributed by atoms with Gasteiger partial charge in [-0.3, -0.25) is 4.79 Å². The Morgan fingerprint density at radius 1 is 1.21 bits per heavy atom. The van der Waals surface area contributed by atoms with Gasteiger partial charge in [0.15, 0.2) is 11.5 Å². The minimum absolute atomic E-state index is 0.0242. The average Bonchev–Trinajstić information content (AvgIpc) is 2.76. The number of anilines is 1. The molecule has 0 radical (unpaired) electrons. The number of benzene rings is 1. The SMILES string of the molecule is COc1cc(CNC(=O)[C@H]2CCCN(c3nccc(C)n3)C2)cc(OC)c1OC. The van der Waals surface area contributed by atoms with E-state index in [4.69, 9.17) is 14.2 Å². The Bertz CT molecular complexity index is 833. The molecule has 8 nitrogen and oxygen atoms in total. The fourth-order valence-electron chi connectivity index (χ4n) is 3.53. The number of aryl methyl sites for hydroxylation is 1. The van der Waals surface area contributed by atoms with Crippen molar-refractivity contribution in [1.29, 1.82) is 0 Å². The summed E-state index contributed by atoms with van der Waals surface area (Å²) >= 11 is 0. The molecule has 0 unspecified atom stereocenters. The smallest absolute Gasteiger partial charge is 0.225 e. The van der Waals surface area contributed by atoms with Gasteiger partial charge in [-0.15, -0.1) is 0 Å². The number of amides is 1. The first-order valence-corrected chi connectivity index (χ1v) is 9.67. The van der Waals surface area contributed by atoms with Crippen molar-refractivity contribution in [2.45, 2.75) is 26.3 Å². The zero-order valence-electron chi connectivity index (χ0n) is 17.4. The van der Waals surface area contributed by atoms with Gasteiger partial charge in [-0.25, -0.2) is 9.97 Å². The fraction of sp³-hybridized carbons (Fsp3) is 0.476. The summed E-state index contributed by atoms with van der Waals surface area (Å²) in [6.07, 6.45) is 3.54. The van der Waals surface area contributed by atoms with Crippen LogP contribution in [0, 0.1) is 12.8 Å². The van der Waals surface area contributed by atoms with E-state index in [1.54, 1.807) is 27.5 Å². The highest BCUT2D eigenvalue weighted by molar-refractivity contribution is 5.79. The Morgan fingerprint density at radius 3 is 2.55 bits per heavy atom. The Labute approximate surface area is 171 Å². The molecule has 8 heteroatoms. The van der Waals surface area contributed by atoms with Crippen LogP contribution in [0.15, 0.2) is 24.4 Å². The lowest BCUT2D eigenvalue weighted by atomic mass is 9.97. The molecule has 2 heterocycles. The molecule has 3 rings (SSSR count). The van der Waals surface area contributed by atoms with Crippen molar-refractivity contribution >= 4 is 11.9 Å². The normalized spacial score (nSPS) is 16.3. The molecule has 0 spiro atoms. The Balaban J connectivity index is 1.64. The molecule has 156 valence electrons. The second kappa shape index (κ2) is 9.45. The van der Waals surface area contributed by atoms with E-state index in [1.165, 1.54) is 0 Å².